The molecule has 0 bridgehead atoms. The molecule has 7 nitrogen and oxygen atoms in total. The summed E-state index contributed by atoms with van der Waals surface area (Å²) in [7, 11) is 24.9. The molecule has 3 heterocycles. The summed E-state index contributed by atoms with van der Waals surface area (Å²) >= 11 is 24.9. The third-order valence-electron chi connectivity index (χ3n) is 14.3. The number of halogens is 6. The predicted molar refractivity (Wildman–Crippen MR) is 473 cm³/mol. The van der Waals surface area contributed by atoms with Crippen LogP contribution in [0.4, 0.5) is 0 Å². The summed E-state index contributed by atoms with van der Waals surface area (Å²) in [5.41, 5.74) is 2.98. The van der Waals surface area contributed by atoms with Gasteiger partial charge in [-0.2, -0.15) is 0 Å². The Morgan fingerprint density at radius 3 is 0.740 bits per heavy atom. The zero-order valence-electron chi connectivity index (χ0n) is 55.1. The Morgan fingerprint density at radius 1 is 0.360 bits per heavy atom. The van der Waals surface area contributed by atoms with Gasteiger partial charge >= 0.3 is 185 Å². The second-order valence-corrected chi connectivity index (χ2v) is 48.6. The van der Waals surface area contributed by atoms with Gasteiger partial charge in [-0.05, 0) is 129 Å². The summed E-state index contributed by atoms with van der Waals surface area (Å²) in [5.74, 6) is 0. The van der Waals surface area contributed by atoms with Crippen molar-refractivity contribution in [3.8, 4) is 0 Å². The third kappa shape index (κ3) is 28.1. The molecule has 100 heavy (non-hydrogen) atoms. The van der Waals surface area contributed by atoms with Gasteiger partial charge in [-0.1, -0.05) is 221 Å². The third-order valence-corrected chi connectivity index (χ3v) is 31.1. The monoisotopic (exact) mass is 1790 g/mol. The van der Waals surface area contributed by atoms with Crippen LogP contribution >= 0.6 is 152 Å². The van der Waals surface area contributed by atoms with Crippen molar-refractivity contribution in [2.45, 2.75) is 34.6 Å². The standard InChI is InChI=1S/C24H22BrN2PS.2C18H15P.C6H7BrN2S.C6H8N2OS.CBr4.B8/c1-29-24-26-17-20(18-27-24)19-28(25,21-11-5-2-6-12-21,22-13-7-3-8-14-22)23-15-9-4-10-16-23;2*1-4-10-16(11-5-1)19(17-12-6-2-7-13-17)18-14-8-3-9-15-18;1-10-6-8-3-5(2-7)4-9-6;1-10-6-7-2-5(4-9)3-8-6;2-1(3,4)5;1-6(2)8(5)7(3)4/h2-18H,19H2,1H3;2*1-15H;3-4H,2H2,1H3;2-3,9H,4H2,1H3;;. The number of hydrogen-bond donors (Lipinski definition) is 1. The SMILES string of the molecule is BrC(Br)(Br)Br.CSc1ncc(CBr)cn1.CSc1ncc(CO)cn1.CSc1ncc(CP(Br)(c2ccccc2)(c2ccccc2)c2ccccc2)cn1.[B]B([B])B([B])B([B])[B].c1ccc(P(c2ccccc2)c2ccccc2)cc1.c1ccc(P(c2ccccc2)c2ccccc2)cc1. The van der Waals surface area contributed by atoms with E-state index in [1.165, 1.54) is 59.5 Å². The van der Waals surface area contributed by atoms with Gasteiger partial charge in [-0.15, -0.1) is 0 Å². The second kappa shape index (κ2) is 46.0. The van der Waals surface area contributed by atoms with Gasteiger partial charge in [0, 0.05) is 93.5 Å². The van der Waals surface area contributed by atoms with Gasteiger partial charge in [0.05, 0.1) is 6.61 Å². The number of rotatable bonds is 18. The van der Waals surface area contributed by atoms with Crippen molar-refractivity contribution in [2.75, 3.05) is 18.8 Å². The smallest absolute Gasteiger partial charge is 0 e. The average molecular weight is 1800 g/mol. The van der Waals surface area contributed by atoms with Crippen LogP contribution in [0.2, 0.25) is 0 Å². The van der Waals surface area contributed by atoms with Crippen molar-refractivity contribution < 1.29 is 5.11 Å². The number of benzene rings is 9. The summed E-state index contributed by atoms with van der Waals surface area (Å²) in [4.78, 5) is 25.2. The number of aliphatic hydroxyl groups excluding tert-OH is 1. The van der Waals surface area contributed by atoms with E-state index in [9.17, 15) is 0 Å². The van der Waals surface area contributed by atoms with Gasteiger partial charge < -0.3 is 5.11 Å². The normalized spacial score (nSPS) is 10.9. The van der Waals surface area contributed by atoms with E-state index < -0.39 is 40.3 Å². The van der Waals surface area contributed by atoms with Crippen molar-refractivity contribution >= 4 is 257 Å². The maximum atomic E-state index is 8.61. The number of aromatic nitrogens is 6. The minimum Gasteiger partial charge on any atom is -0.0622 e. The number of nitrogens with zero attached hydrogens (tertiary/aromatic N) is 6. The quantitative estimate of drug-likeness (QED) is 0.0294. The number of alkyl halides is 5. The van der Waals surface area contributed by atoms with Crippen LogP contribution in [0.1, 0.15) is 16.7 Å². The molecule has 10 radical (unpaired) electrons. The van der Waals surface area contributed by atoms with Crippen LogP contribution < -0.4 is 47.7 Å². The molecule has 0 unspecified atom stereocenters. The van der Waals surface area contributed by atoms with Crippen molar-refractivity contribution in [1.82, 2.24) is 29.9 Å². The number of aliphatic hydroxyl groups is 1. The molecule has 1 N–H and O–H groups in total. The van der Waals surface area contributed by atoms with Gasteiger partial charge in [0.2, 0.25) is 0 Å². The Morgan fingerprint density at radius 2 is 0.560 bits per heavy atom. The molecule has 12 rings (SSSR count). The number of thioether (sulfide) groups is 3. The van der Waals surface area contributed by atoms with Gasteiger partial charge in [-0.25, -0.2) is 19.9 Å². The molecule has 0 aliphatic rings. The molecule has 0 saturated carbocycles. The Bertz CT molecular complexity index is 3640. The van der Waals surface area contributed by atoms with E-state index >= 15 is 0 Å². The fourth-order valence-corrected chi connectivity index (χ4v) is 23.0. The largest absolute Gasteiger partial charge is 0.0622 e. The van der Waals surface area contributed by atoms with Gasteiger partial charge in [0.1, 0.15) is 0 Å². The molecule has 0 aliphatic heterocycles. The van der Waals surface area contributed by atoms with E-state index in [-0.39, 0.29) is 7.66 Å². The van der Waals surface area contributed by atoms with Crippen molar-refractivity contribution in [1.29, 1.82) is 0 Å². The van der Waals surface area contributed by atoms with E-state index in [2.05, 4.69) is 398 Å². The van der Waals surface area contributed by atoms with Crippen LogP contribution in [0.15, 0.2) is 326 Å². The zero-order chi connectivity index (χ0) is 72.0. The molecular formula is C73H67B8Br6N6OP3S3. The van der Waals surface area contributed by atoms with Crippen molar-refractivity contribution in [2.24, 2.45) is 0 Å². The Balaban J connectivity index is 0.000000196. The molecular weight excluding hydrogens is 1730 g/mol. The fraction of sp³-hybridized carbons (Fsp3) is 0.0959. The molecule has 0 aliphatic carbocycles. The molecule has 0 fully saturated rings. The van der Waals surface area contributed by atoms with Gasteiger partial charge in [0.15, 0.2) is 11.4 Å². The first-order chi connectivity index (χ1) is 48.3. The molecule has 0 spiro atoms. The summed E-state index contributed by atoms with van der Waals surface area (Å²) in [6.07, 6.45) is 15.7. The van der Waals surface area contributed by atoms with E-state index in [4.69, 9.17) is 43.8 Å². The Kier molecular flexibility index (Phi) is 39.0. The van der Waals surface area contributed by atoms with Crippen LogP contribution in [0.5, 0.6) is 0 Å². The molecule has 0 saturated heterocycles. The summed E-state index contributed by atoms with van der Waals surface area (Å²) in [6, 6.07) is 97.0. The van der Waals surface area contributed by atoms with Crippen LogP contribution in [-0.2, 0) is 18.1 Å². The molecule has 27 heteroatoms. The van der Waals surface area contributed by atoms with E-state index in [1.807, 2.05) is 43.6 Å². The second-order valence-electron chi connectivity index (χ2n) is 21.2. The van der Waals surface area contributed by atoms with Crippen LogP contribution in [0, 0.1) is 0 Å². The van der Waals surface area contributed by atoms with E-state index in [1.54, 1.807) is 35.9 Å². The number of hydrogen-bond acceptors (Lipinski definition) is 10. The first kappa shape index (κ1) is 84.9. The topological polar surface area (TPSA) is 97.6 Å². The van der Waals surface area contributed by atoms with E-state index in [0.717, 1.165) is 43.7 Å². The molecule has 3 aromatic heterocycles. The first-order valence-corrected chi connectivity index (χ1v) is 46.0. The Hall–Kier alpha value is -4.08. The predicted octanol–water partition coefficient (Wildman–Crippen LogP) is 15.3. The molecule has 12 aromatic rings. The van der Waals surface area contributed by atoms with Crippen molar-refractivity contribution in [3.05, 3.63) is 327 Å². The molecule has 0 amide bonds. The Labute approximate surface area is 665 Å². The van der Waals surface area contributed by atoms with Crippen LogP contribution in [-0.4, -0.2) is 113 Å². The van der Waals surface area contributed by atoms with E-state index in [0.29, 0.717) is 0 Å². The fourth-order valence-electron chi connectivity index (χ4n) is 9.47. The minimum atomic E-state index is -2.98. The van der Waals surface area contributed by atoms with Gasteiger partial charge in [0.25, 0.3) is 0 Å². The van der Waals surface area contributed by atoms with Crippen molar-refractivity contribution in [3.63, 3.8) is 0 Å². The summed E-state index contributed by atoms with van der Waals surface area (Å²) in [5, 5.41) is 21.1. The zero-order valence-corrected chi connectivity index (χ0v) is 69.8. The molecule has 494 valence electrons. The van der Waals surface area contributed by atoms with Crippen LogP contribution in [0.3, 0.4) is 0 Å². The summed E-state index contributed by atoms with van der Waals surface area (Å²) in [6.45, 7) is 0.00859. The molecule has 9 aromatic carbocycles. The summed E-state index contributed by atoms with van der Waals surface area (Å²) < 4.78 is -0.250. The maximum absolute atomic E-state index is 8.61. The first-order valence-electron chi connectivity index (χ1n) is 30.9. The molecule has 0 atom stereocenters. The van der Waals surface area contributed by atoms with Gasteiger partial charge in [-0.3, -0.25) is 0 Å². The maximum Gasteiger partial charge on any atom is 0 e. The van der Waals surface area contributed by atoms with Crippen LogP contribution in [0.25, 0.3) is 0 Å². The minimum absolute atomic E-state index is 0.00859. The average Bonchev–Trinajstić information content (AvgIpc) is 0.705.